The van der Waals surface area contributed by atoms with Gasteiger partial charge in [-0.2, -0.15) is 13.2 Å². The smallest absolute Gasteiger partial charge is 0.317 e. The van der Waals surface area contributed by atoms with Crippen molar-refractivity contribution in [3.05, 3.63) is 72.6 Å². The van der Waals surface area contributed by atoms with Gasteiger partial charge in [0.1, 0.15) is 0 Å². The molecular weight excluding hydrogens is 423 g/mol. The minimum atomic E-state index is -4.07. The van der Waals surface area contributed by atoms with Gasteiger partial charge in [0.2, 0.25) is 0 Å². The van der Waals surface area contributed by atoms with Gasteiger partial charge >= 0.3 is 6.18 Å². The quantitative estimate of drug-likeness (QED) is 0.365. The van der Waals surface area contributed by atoms with E-state index < -0.39 is 12.1 Å². The number of piperidine rings is 1. The fourth-order valence-corrected chi connectivity index (χ4v) is 4.47. The third-order valence-electron chi connectivity index (χ3n) is 6.13. The maximum Gasteiger partial charge on any atom is 0.391 e. The molecule has 0 spiro atoms. The molecule has 0 unspecified atom stereocenters. The van der Waals surface area contributed by atoms with Crippen LogP contribution in [0.4, 0.5) is 13.2 Å². The number of alkyl halides is 3. The molecule has 0 atom stereocenters. The third-order valence-corrected chi connectivity index (χ3v) is 6.13. The van der Waals surface area contributed by atoms with Crippen molar-refractivity contribution < 1.29 is 13.2 Å². The van der Waals surface area contributed by atoms with Crippen molar-refractivity contribution in [1.29, 1.82) is 0 Å². The van der Waals surface area contributed by atoms with E-state index in [9.17, 15) is 13.2 Å². The molecule has 1 saturated heterocycles. The minimum absolute atomic E-state index is 0. The van der Waals surface area contributed by atoms with E-state index in [0.29, 0.717) is 19.6 Å². The Morgan fingerprint density at radius 1 is 0.968 bits per heavy atom. The standard InChI is InChI=1S/C24H22F3N3.ClH/c25-24(26,27)19-8-12-29(13-9-19)16-18-3-1-5-23-21(18)10-14-30(23)20-6-7-22-17(15-20)4-2-11-28-22;/h1-7,10-11,14-15,19H,8-9,12-13,16H2;1H. The lowest BCUT2D eigenvalue weighted by molar-refractivity contribution is -0.185. The van der Waals surface area contributed by atoms with Gasteiger partial charge in [0, 0.05) is 35.4 Å². The Balaban J connectivity index is 0.00000231. The summed E-state index contributed by atoms with van der Waals surface area (Å²) in [5.41, 5.74) is 4.27. The van der Waals surface area contributed by atoms with Crippen molar-refractivity contribution >= 4 is 34.2 Å². The number of nitrogens with zero attached hydrogens (tertiary/aromatic N) is 3. The van der Waals surface area contributed by atoms with E-state index in [1.165, 1.54) is 0 Å². The summed E-state index contributed by atoms with van der Waals surface area (Å²) in [5.74, 6) is -1.16. The molecule has 0 N–H and O–H groups in total. The van der Waals surface area contributed by atoms with E-state index in [4.69, 9.17) is 0 Å². The van der Waals surface area contributed by atoms with Crippen LogP contribution < -0.4 is 0 Å². The second-order valence-electron chi connectivity index (χ2n) is 8.01. The van der Waals surface area contributed by atoms with Crippen molar-refractivity contribution in [3.8, 4) is 5.69 Å². The average Bonchev–Trinajstić information content (AvgIpc) is 3.18. The molecular formula is C24H23ClF3N3. The van der Waals surface area contributed by atoms with E-state index >= 15 is 0 Å². The summed E-state index contributed by atoms with van der Waals surface area (Å²) in [4.78, 5) is 6.52. The molecule has 1 fully saturated rings. The van der Waals surface area contributed by atoms with Gasteiger partial charge in [-0.05, 0) is 67.9 Å². The molecule has 1 aliphatic heterocycles. The monoisotopic (exact) mass is 445 g/mol. The number of likely N-dealkylation sites (tertiary alicyclic amines) is 1. The van der Waals surface area contributed by atoms with Crippen molar-refractivity contribution in [2.45, 2.75) is 25.6 Å². The van der Waals surface area contributed by atoms with E-state index in [-0.39, 0.29) is 25.2 Å². The van der Waals surface area contributed by atoms with Crippen molar-refractivity contribution in [2.24, 2.45) is 5.92 Å². The Kier molecular flexibility index (Phi) is 5.95. The van der Waals surface area contributed by atoms with Gasteiger partial charge in [0.05, 0.1) is 17.0 Å². The van der Waals surface area contributed by atoms with Crippen LogP contribution in [0.1, 0.15) is 18.4 Å². The number of halogens is 4. The highest BCUT2D eigenvalue weighted by Crippen LogP contribution is 2.35. The predicted octanol–water partition coefficient (Wildman–Crippen LogP) is 6.37. The predicted molar refractivity (Wildman–Crippen MR) is 120 cm³/mol. The highest BCUT2D eigenvalue weighted by Gasteiger charge is 2.40. The zero-order chi connectivity index (χ0) is 20.7. The Bertz CT molecular complexity index is 1190. The molecule has 2 aromatic carbocycles. The summed E-state index contributed by atoms with van der Waals surface area (Å²) < 4.78 is 41.0. The molecule has 162 valence electrons. The number of pyridine rings is 1. The third kappa shape index (κ3) is 4.27. The highest BCUT2D eigenvalue weighted by atomic mass is 35.5. The lowest BCUT2D eigenvalue weighted by atomic mass is 9.96. The number of fused-ring (bicyclic) bond motifs is 2. The normalized spacial score (nSPS) is 16.0. The van der Waals surface area contributed by atoms with Gasteiger partial charge in [-0.25, -0.2) is 0 Å². The fraction of sp³-hybridized carbons (Fsp3) is 0.292. The Morgan fingerprint density at radius 2 is 1.77 bits per heavy atom. The van der Waals surface area contributed by atoms with Crippen LogP contribution in [-0.2, 0) is 6.54 Å². The molecule has 3 nitrogen and oxygen atoms in total. The summed E-state index contributed by atoms with van der Waals surface area (Å²) in [6.45, 7) is 1.64. The number of aromatic nitrogens is 2. The number of hydrogen-bond acceptors (Lipinski definition) is 2. The van der Waals surface area contributed by atoms with E-state index in [1.807, 2.05) is 24.3 Å². The first kappa shape index (κ1) is 21.7. The summed E-state index contributed by atoms with van der Waals surface area (Å²) in [7, 11) is 0. The van der Waals surface area contributed by atoms with Crippen LogP contribution in [0, 0.1) is 5.92 Å². The molecule has 0 aliphatic carbocycles. The summed E-state index contributed by atoms with van der Waals surface area (Å²) in [5, 5.41) is 2.22. The first-order valence-electron chi connectivity index (χ1n) is 10.2. The van der Waals surface area contributed by atoms with Gasteiger partial charge in [0.25, 0.3) is 0 Å². The molecule has 0 saturated carbocycles. The van der Waals surface area contributed by atoms with E-state index in [0.717, 1.165) is 33.1 Å². The Labute approximate surface area is 184 Å². The lowest BCUT2D eigenvalue weighted by Crippen LogP contribution is -2.38. The van der Waals surface area contributed by atoms with Gasteiger partial charge in [-0.15, -0.1) is 12.4 Å². The highest BCUT2D eigenvalue weighted by molar-refractivity contribution is 5.87. The van der Waals surface area contributed by atoms with Crippen LogP contribution in [0.5, 0.6) is 0 Å². The molecule has 1 aliphatic rings. The maximum atomic E-state index is 12.9. The zero-order valence-corrected chi connectivity index (χ0v) is 17.7. The van der Waals surface area contributed by atoms with Gasteiger partial charge in [-0.1, -0.05) is 18.2 Å². The largest absolute Gasteiger partial charge is 0.391 e. The minimum Gasteiger partial charge on any atom is -0.317 e. The van der Waals surface area contributed by atoms with Crippen LogP contribution in [0.15, 0.2) is 67.0 Å². The van der Waals surface area contributed by atoms with Crippen molar-refractivity contribution in [1.82, 2.24) is 14.5 Å². The molecule has 2 aromatic heterocycles. The lowest BCUT2D eigenvalue weighted by Gasteiger charge is -2.33. The molecule has 4 aromatic rings. The average molecular weight is 446 g/mol. The second-order valence-corrected chi connectivity index (χ2v) is 8.01. The number of hydrogen-bond donors (Lipinski definition) is 0. The molecule has 7 heteroatoms. The maximum absolute atomic E-state index is 12.9. The summed E-state index contributed by atoms with van der Waals surface area (Å²) in [6, 6.07) is 18.5. The number of rotatable bonds is 3. The van der Waals surface area contributed by atoms with E-state index in [2.05, 4.69) is 51.0 Å². The SMILES string of the molecule is Cl.FC(F)(F)C1CCN(Cc2cccc3c2ccn3-c2ccc3ncccc3c2)CC1. The van der Waals surface area contributed by atoms with Crippen LogP contribution in [-0.4, -0.2) is 33.7 Å². The Hall–Kier alpha value is -2.57. The molecule has 3 heterocycles. The van der Waals surface area contributed by atoms with Gasteiger partial charge in [-0.3, -0.25) is 9.88 Å². The van der Waals surface area contributed by atoms with Crippen LogP contribution >= 0.6 is 12.4 Å². The molecule has 0 bridgehead atoms. The zero-order valence-electron chi connectivity index (χ0n) is 16.8. The van der Waals surface area contributed by atoms with Gasteiger partial charge < -0.3 is 4.57 Å². The van der Waals surface area contributed by atoms with Crippen LogP contribution in [0.2, 0.25) is 0 Å². The van der Waals surface area contributed by atoms with Crippen molar-refractivity contribution in [2.75, 3.05) is 13.1 Å². The van der Waals surface area contributed by atoms with Gasteiger partial charge in [0.15, 0.2) is 0 Å². The van der Waals surface area contributed by atoms with Crippen molar-refractivity contribution in [3.63, 3.8) is 0 Å². The summed E-state index contributed by atoms with van der Waals surface area (Å²) in [6.07, 6.45) is 0.147. The van der Waals surface area contributed by atoms with Crippen LogP contribution in [0.25, 0.3) is 27.5 Å². The fourth-order valence-electron chi connectivity index (χ4n) is 4.47. The number of benzene rings is 2. The molecule has 31 heavy (non-hydrogen) atoms. The molecule has 5 rings (SSSR count). The first-order chi connectivity index (χ1) is 14.5. The first-order valence-corrected chi connectivity index (χ1v) is 10.2. The molecule has 0 radical (unpaired) electrons. The topological polar surface area (TPSA) is 21.1 Å². The van der Waals surface area contributed by atoms with Crippen LogP contribution in [0.3, 0.4) is 0 Å². The Morgan fingerprint density at radius 3 is 2.55 bits per heavy atom. The second kappa shape index (κ2) is 8.52. The molecule has 0 amide bonds. The van der Waals surface area contributed by atoms with E-state index in [1.54, 1.807) is 6.20 Å². The summed E-state index contributed by atoms with van der Waals surface area (Å²) >= 11 is 0.